The normalized spacial score (nSPS) is 25.8. The topological polar surface area (TPSA) is 46.5 Å². The lowest BCUT2D eigenvalue weighted by atomic mass is 9.69. The highest BCUT2D eigenvalue weighted by Gasteiger charge is 2.42. The van der Waals surface area contributed by atoms with Gasteiger partial charge in [0.2, 0.25) is 0 Å². The predicted molar refractivity (Wildman–Crippen MR) is 69.5 cm³/mol. The monoisotopic (exact) mass is 248 g/mol. The number of ether oxygens (including phenoxy) is 1. The maximum Gasteiger partial charge on any atom is 0.141 e. The molecule has 0 saturated heterocycles. The number of ketones is 1. The van der Waals surface area contributed by atoms with Gasteiger partial charge in [0.25, 0.3) is 0 Å². The number of rotatable bonds is 3. The number of hydrogen-bond acceptors (Lipinski definition) is 3. The van der Waals surface area contributed by atoms with Gasteiger partial charge in [-0.15, -0.1) is 0 Å². The summed E-state index contributed by atoms with van der Waals surface area (Å²) in [6, 6.07) is 7.33. The molecular weight excluding hydrogens is 228 g/mol. The van der Waals surface area contributed by atoms with Gasteiger partial charge in [-0.1, -0.05) is 18.6 Å². The summed E-state index contributed by atoms with van der Waals surface area (Å²) >= 11 is 0. The zero-order valence-corrected chi connectivity index (χ0v) is 11.0. The highest BCUT2D eigenvalue weighted by atomic mass is 16.5. The number of methoxy groups -OCH3 is 1. The fourth-order valence-corrected chi connectivity index (χ4v) is 2.67. The largest absolute Gasteiger partial charge is 0.497 e. The molecule has 1 N–H and O–H groups in total. The Hall–Kier alpha value is -1.35. The van der Waals surface area contributed by atoms with Crippen molar-refractivity contribution in [3.05, 3.63) is 29.8 Å². The van der Waals surface area contributed by atoms with Crippen LogP contribution in [-0.2, 0) is 4.79 Å². The highest BCUT2D eigenvalue weighted by molar-refractivity contribution is 5.85. The summed E-state index contributed by atoms with van der Waals surface area (Å²) in [5.74, 6) is 0.877. The van der Waals surface area contributed by atoms with Gasteiger partial charge in [0.15, 0.2) is 0 Å². The van der Waals surface area contributed by atoms with Crippen molar-refractivity contribution in [3.63, 3.8) is 0 Å². The van der Waals surface area contributed by atoms with Crippen LogP contribution in [0.3, 0.4) is 0 Å². The molecule has 3 nitrogen and oxygen atoms in total. The Kier molecular flexibility index (Phi) is 3.71. The minimum atomic E-state index is -0.750. The van der Waals surface area contributed by atoms with Crippen LogP contribution in [0.5, 0.6) is 5.75 Å². The second-order valence-electron chi connectivity index (χ2n) is 5.23. The quantitative estimate of drug-likeness (QED) is 0.894. The molecule has 0 radical (unpaired) electrons. The zero-order valence-electron chi connectivity index (χ0n) is 11.0. The molecule has 1 aromatic rings. The molecule has 1 aliphatic rings. The number of Topliss-reactive ketones (excluding diaryl/α,β-unsaturated/α-hetero) is 1. The van der Waals surface area contributed by atoms with Crippen LogP contribution in [-0.4, -0.2) is 18.0 Å². The van der Waals surface area contributed by atoms with E-state index >= 15 is 0 Å². The molecule has 1 aliphatic carbocycles. The van der Waals surface area contributed by atoms with Crippen LogP contribution < -0.4 is 4.74 Å². The summed E-state index contributed by atoms with van der Waals surface area (Å²) in [5.41, 5.74) is 0.108. The molecule has 0 aliphatic heterocycles. The Balaban J connectivity index is 2.28. The lowest BCUT2D eigenvalue weighted by Crippen LogP contribution is -2.37. The Morgan fingerprint density at radius 2 is 2.17 bits per heavy atom. The van der Waals surface area contributed by atoms with E-state index < -0.39 is 11.5 Å². The van der Waals surface area contributed by atoms with Gasteiger partial charge >= 0.3 is 0 Å². The van der Waals surface area contributed by atoms with E-state index in [1.54, 1.807) is 13.2 Å². The molecule has 1 fully saturated rings. The Morgan fingerprint density at radius 3 is 2.83 bits per heavy atom. The molecule has 2 atom stereocenters. The maximum absolute atomic E-state index is 12.1. The third-order valence-electron chi connectivity index (χ3n) is 4.00. The van der Waals surface area contributed by atoms with E-state index in [0.29, 0.717) is 12.2 Å². The van der Waals surface area contributed by atoms with Crippen LogP contribution >= 0.6 is 0 Å². The van der Waals surface area contributed by atoms with E-state index in [4.69, 9.17) is 4.74 Å². The van der Waals surface area contributed by atoms with Gasteiger partial charge in [-0.05, 0) is 37.5 Å². The van der Waals surface area contributed by atoms with Crippen LogP contribution in [0.4, 0.5) is 0 Å². The van der Waals surface area contributed by atoms with Gasteiger partial charge in [-0.2, -0.15) is 0 Å². The van der Waals surface area contributed by atoms with E-state index in [1.165, 1.54) is 0 Å². The summed E-state index contributed by atoms with van der Waals surface area (Å²) in [5, 5.41) is 10.5. The van der Waals surface area contributed by atoms with Crippen molar-refractivity contribution in [3.8, 4) is 5.75 Å². The van der Waals surface area contributed by atoms with Crippen molar-refractivity contribution in [2.24, 2.45) is 5.41 Å². The fraction of sp³-hybridized carbons (Fsp3) is 0.533. The molecule has 0 bridgehead atoms. The van der Waals surface area contributed by atoms with Gasteiger partial charge in [0.05, 0.1) is 18.6 Å². The molecule has 0 heterocycles. The number of aliphatic hydroxyl groups is 1. The van der Waals surface area contributed by atoms with Crippen molar-refractivity contribution in [1.29, 1.82) is 0 Å². The minimum absolute atomic E-state index is 0.170. The molecule has 1 saturated carbocycles. The van der Waals surface area contributed by atoms with Crippen molar-refractivity contribution >= 4 is 5.78 Å². The molecule has 98 valence electrons. The van der Waals surface area contributed by atoms with Crippen molar-refractivity contribution in [1.82, 2.24) is 0 Å². The van der Waals surface area contributed by atoms with E-state index in [0.717, 1.165) is 24.8 Å². The average Bonchev–Trinajstić information content (AvgIpc) is 2.41. The van der Waals surface area contributed by atoms with Crippen LogP contribution in [0.1, 0.15) is 44.3 Å². The second kappa shape index (κ2) is 5.11. The van der Waals surface area contributed by atoms with Crippen LogP contribution in [0.25, 0.3) is 0 Å². The standard InChI is InChI=1S/C15H20O3/c1-15(9-4-3-8-13(15)16)14(17)11-6-5-7-12(10-11)18-2/h5-7,10,14,17H,3-4,8-9H2,1-2H3/t14?,15-/m0/s1. The molecule has 0 amide bonds. The first kappa shape index (κ1) is 13.1. The van der Waals surface area contributed by atoms with Crippen molar-refractivity contribution in [2.75, 3.05) is 7.11 Å². The SMILES string of the molecule is COc1cccc(C(O)[C@@]2(C)CCCCC2=O)c1. The first-order valence-corrected chi connectivity index (χ1v) is 6.43. The lowest BCUT2D eigenvalue weighted by molar-refractivity contribution is -0.138. The van der Waals surface area contributed by atoms with Gasteiger partial charge in [0.1, 0.15) is 11.5 Å². The number of aliphatic hydroxyl groups excluding tert-OH is 1. The third kappa shape index (κ3) is 2.27. The second-order valence-corrected chi connectivity index (χ2v) is 5.23. The first-order valence-electron chi connectivity index (χ1n) is 6.43. The van der Waals surface area contributed by atoms with E-state index in [9.17, 15) is 9.90 Å². The third-order valence-corrected chi connectivity index (χ3v) is 4.00. The number of carbonyl (C=O) groups is 1. The van der Waals surface area contributed by atoms with Gasteiger partial charge in [0, 0.05) is 6.42 Å². The van der Waals surface area contributed by atoms with Gasteiger partial charge < -0.3 is 9.84 Å². The van der Waals surface area contributed by atoms with Crippen LogP contribution in [0.15, 0.2) is 24.3 Å². The fourth-order valence-electron chi connectivity index (χ4n) is 2.67. The summed E-state index contributed by atoms with van der Waals surface area (Å²) in [7, 11) is 1.60. The number of hydrogen-bond donors (Lipinski definition) is 1. The van der Waals surface area contributed by atoms with Crippen LogP contribution in [0.2, 0.25) is 0 Å². The molecule has 1 unspecified atom stereocenters. The molecule has 18 heavy (non-hydrogen) atoms. The first-order chi connectivity index (χ1) is 8.58. The van der Waals surface area contributed by atoms with E-state index in [2.05, 4.69) is 0 Å². The lowest BCUT2D eigenvalue weighted by Gasteiger charge is -2.36. The zero-order chi connectivity index (χ0) is 13.2. The summed E-state index contributed by atoms with van der Waals surface area (Å²) in [4.78, 5) is 12.1. The molecule has 1 aromatic carbocycles. The number of carbonyl (C=O) groups excluding carboxylic acids is 1. The summed E-state index contributed by atoms with van der Waals surface area (Å²) in [6.07, 6.45) is 2.53. The maximum atomic E-state index is 12.1. The Bertz CT molecular complexity index is 441. The van der Waals surface area contributed by atoms with E-state index in [-0.39, 0.29) is 5.78 Å². The van der Waals surface area contributed by atoms with Gasteiger partial charge in [-0.3, -0.25) is 4.79 Å². The molecule has 3 heteroatoms. The smallest absolute Gasteiger partial charge is 0.141 e. The van der Waals surface area contributed by atoms with Crippen LogP contribution in [0, 0.1) is 5.41 Å². The Morgan fingerprint density at radius 1 is 1.39 bits per heavy atom. The highest BCUT2D eigenvalue weighted by Crippen LogP contribution is 2.43. The van der Waals surface area contributed by atoms with E-state index in [1.807, 2.05) is 25.1 Å². The minimum Gasteiger partial charge on any atom is -0.497 e. The number of benzene rings is 1. The Labute approximate surface area is 108 Å². The molecular formula is C15H20O3. The summed E-state index contributed by atoms with van der Waals surface area (Å²) < 4.78 is 5.16. The average molecular weight is 248 g/mol. The molecule has 2 rings (SSSR count). The predicted octanol–water partition coefficient (Wildman–Crippen LogP) is 2.88. The molecule has 0 spiro atoms. The van der Waals surface area contributed by atoms with Gasteiger partial charge in [-0.25, -0.2) is 0 Å². The summed E-state index contributed by atoms with van der Waals surface area (Å²) in [6.45, 7) is 1.87. The van der Waals surface area contributed by atoms with Crippen molar-refractivity contribution < 1.29 is 14.6 Å². The van der Waals surface area contributed by atoms with Crippen molar-refractivity contribution in [2.45, 2.75) is 38.7 Å². The molecule has 0 aromatic heterocycles.